The lowest BCUT2D eigenvalue weighted by molar-refractivity contribution is -0.129. The zero-order valence-electron chi connectivity index (χ0n) is 17.2. The normalized spacial score (nSPS) is 15.8. The van der Waals surface area contributed by atoms with Gasteiger partial charge in [-0.05, 0) is 23.0 Å². The molecule has 0 atom stereocenters. The van der Waals surface area contributed by atoms with Gasteiger partial charge < -0.3 is 10.2 Å². The van der Waals surface area contributed by atoms with E-state index in [-0.39, 0.29) is 30.8 Å². The van der Waals surface area contributed by atoms with Crippen molar-refractivity contribution in [3.05, 3.63) is 29.3 Å². The van der Waals surface area contributed by atoms with Gasteiger partial charge in [-0.15, -0.1) is 0 Å². The number of urea groups is 1. The van der Waals surface area contributed by atoms with E-state index in [2.05, 4.69) is 10.0 Å². The predicted molar refractivity (Wildman–Crippen MR) is 110 cm³/mol. The lowest BCUT2D eigenvalue weighted by atomic mass is 9.93. The van der Waals surface area contributed by atoms with Crippen LogP contribution in [0.3, 0.4) is 0 Å². The summed E-state index contributed by atoms with van der Waals surface area (Å²) in [7, 11) is -3.98. The van der Waals surface area contributed by atoms with Gasteiger partial charge in [0, 0.05) is 38.8 Å². The minimum Gasteiger partial charge on any atom is -0.340 e. The number of amides is 3. The second kappa shape index (κ2) is 8.91. The quantitative estimate of drug-likeness (QED) is 0.779. The van der Waals surface area contributed by atoms with Crippen molar-refractivity contribution in [2.24, 2.45) is 0 Å². The van der Waals surface area contributed by atoms with Crippen LogP contribution in [0.4, 0.5) is 10.5 Å². The molecule has 1 saturated heterocycles. The summed E-state index contributed by atoms with van der Waals surface area (Å²) in [6, 6.07) is 5.02. The van der Waals surface area contributed by atoms with Gasteiger partial charge in [-0.1, -0.05) is 45.9 Å². The third kappa shape index (κ3) is 5.23. The molecule has 1 aliphatic heterocycles. The number of benzene rings is 1. The largest absolute Gasteiger partial charge is 0.340 e. The molecule has 1 heterocycles. The molecule has 2 N–H and O–H groups in total. The molecule has 0 aliphatic carbocycles. The Labute approximate surface area is 167 Å². The SMILES string of the molecule is CC(=O)N1CCN(S(=O)(=O)NC(=O)Nc2c(C(C)C)cccc2C(C)C)CC1. The monoisotopic (exact) mass is 410 g/mol. The van der Waals surface area contributed by atoms with Crippen LogP contribution in [0.1, 0.15) is 57.6 Å². The van der Waals surface area contributed by atoms with Gasteiger partial charge in [0.1, 0.15) is 0 Å². The molecule has 28 heavy (non-hydrogen) atoms. The molecule has 156 valence electrons. The van der Waals surface area contributed by atoms with E-state index in [1.807, 2.05) is 45.9 Å². The van der Waals surface area contributed by atoms with Crippen LogP contribution in [0, 0.1) is 0 Å². The number of piperazine rings is 1. The van der Waals surface area contributed by atoms with Crippen LogP contribution < -0.4 is 10.0 Å². The Bertz CT molecular complexity index is 802. The highest BCUT2D eigenvalue weighted by molar-refractivity contribution is 7.87. The number of carbonyl (C=O) groups is 2. The Morgan fingerprint density at radius 3 is 1.89 bits per heavy atom. The van der Waals surface area contributed by atoms with Crippen LogP contribution in [0.25, 0.3) is 0 Å². The molecule has 1 aliphatic rings. The molecule has 0 radical (unpaired) electrons. The summed E-state index contributed by atoms with van der Waals surface area (Å²) in [5, 5.41) is 2.74. The molecular formula is C19H30N4O4S. The van der Waals surface area contributed by atoms with Crippen molar-refractivity contribution >= 4 is 27.8 Å². The maximum Gasteiger partial charge on any atom is 0.333 e. The van der Waals surface area contributed by atoms with Crippen LogP contribution in [-0.2, 0) is 15.0 Å². The highest BCUT2D eigenvalue weighted by Crippen LogP contribution is 2.32. The van der Waals surface area contributed by atoms with Gasteiger partial charge in [0.15, 0.2) is 0 Å². The molecule has 0 saturated carbocycles. The van der Waals surface area contributed by atoms with E-state index in [4.69, 9.17) is 0 Å². The van der Waals surface area contributed by atoms with Crippen molar-refractivity contribution in [3.63, 3.8) is 0 Å². The van der Waals surface area contributed by atoms with E-state index in [1.165, 1.54) is 11.2 Å². The van der Waals surface area contributed by atoms with Crippen molar-refractivity contribution in [2.45, 2.75) is 46.5 Å². The number of hydrogen-bond acceptors (Lipinski definition) is 4. The third-order valence-electron chi connectivity index (χ3n) is 4.86. The molecule has 0 spiro atoms. The smallest absolute Gasteiger partial charge is 0.333 e. The fourth-order valence-corrected chi connectivity index (χ4v) is 4.32. The average molecular weight is 411 g/mol. The predicted octanol–water partition coefficient (Wildman–Crippen LogP) is 2.46. The summed E-state index contributed by atoms with van der Waals surface area (Å²) in [5.74, 6) is 0.254. The van der Waals surface area contributed by atoms with Crippen LogP contribution in [0.2, 0.25) is 0 Å². The summed E-state index contributed by atoms with van der Waals surface area (Å²) in [5.41, 5.74) is 2.56. The number of carbonyl (C=O) groups excluding carboxylic acids is 2. The number of anilines is 1. The maximum absolute atomic E-state index is 12.6. The molecule has 2 rings (SSSR count). The minimum absolute atomic E-state index is 0.0887. The number of rotatable bonds is 5. The highest BCUT2D eigenvalue weighted by atomic mass is 32.2. The number of nitrogens with zero attached hydrogens (tertiary/aromatic N) is 2. The minimum atomic E-state index is -3.98. The van der Waals surface area contributed by atoms with Crippen LogP contribution in [0.15, 0.2) is 18.2 Å². The third-order valence-corrected chi connectivity index (χ3v) is 6.35. The van der Waals surface area contributed by atoms with Crippen LogP contribution in [0.5, 0.6) is 0 Å². The fourth-order valence-electron chi connectivity index (χ4n) is 3.26. The Kier molecular flexibility index (Phi) is 7.06. The van der Waals surface area contributed by atoms with E-state index < -0.39 is 16.2 Å². The Hall–Kier alpha value is -2.13. The fraction of sp³-hybridized carbons (Fsp3) is 0.579. The van der Waals surface area contributed by atoms with E-state index >= 15 is 0 Å². The first-order valence-electron chi connectivity index (χ1n) is 9.50. The second-order valence-electron chi connectivity index (χ2n) is 7.59. The summed E-state index contributed by atoms with van der Waals surface area (Å²) in [6.45, 7) is 10.5. The van der Waals surface area contributed by atoms with Crippen LogP contribution >= 0.6 is 0 Å². The zero-order chi connectivity index (χ0) is 21.1. The van der Waals surface area contributed by atoms with Crippen molar-refractivity contribution in [3.8, 4) is 0 Å². The average Bonchev–Trinajstić information content (AvgIpc) is 2.61. The molecule has 8 nitrogen and oxygen atoms in total. The van der Waals surface area contributed by atoms with Crippen molar-refractivity contribution < 1.29 is 18.0 Å². The summed E-state index contributed by atoms with van der Waals surface area (Å²) in [4.78, 5) is 25.5. The van der Waals surface area contributed by atoms with Crippen molar-refractivity contribution in [1.29, 1.82) is 0 Å². The van der Waals surface area contributed by atoms with E-state index in [0.717, 1.165) is 11.1 Å². The van der Waals surface area contributed by atoms with Gasteiger partial charge in [0.25, 0.3) is 0 Å². The van der Waals surface area contributed by atoms with Crippen LogP contribution in [-0.4, -0.2) is 55.7 Å². The highest BCUT2D eigenvalue weighted by Gasteiger charge is 2.29. The Morgan fingerprint density at radius 1 is 0.964 bits per heavy atom. The van der Waals surface area contributed by atoms with Gasteiger partial charge in [0.05, 0.1) is 0 Å². The molecule has 1 aromatic carbocycles. The van der Waals surface area contributed by atoms with Gasteiger partial charge in [-0.3, -0.25) is 4.79 Å². The maximum atomic E-state index is 12.6. The molecule has 1 aromatic rings. The summed E-state index contributed by atoms with van der Waals surface area (Å²) >= 11 is 0. The second-order valence-corrected chi connectivity index (χ2v) is 9.26. The topological polar surface area (TPSA) is 98.8 Å². The number of hydrogen-bond donors (Lipinski definition) is 2. The first kappa shape index (κ1) is 22.2. The molecule has 3 amide bonds. The molecule has 0 bridgehead atoms. The van der Waals surface area contributed by atoms with E-state index in [9.17, 15) is 18.0 Å². The van der Waals surface area contributed by atoms with Gasteiger partial charge >= 0.3 is 16.2 Å². The number of nitrogens with one attached hydrogen (secondary N) is 2. The molecular weight excluding hydrogens is 380 g/mol. The summed E-state index contributed by atoms with van der Waals surface area (Å²) < 4.78 is 28.4. The molecule has 0 aromatic heterocycles. The van der Waals surface area contributed by atoms with Gasteiger partial charge in [0.2, 0.25) is 5.91 Å². The Morgan fingerprint density at radius 2 is 1.46 bits per heavy atom. The van der Waals surface area contributed by atoms with E-state index in [0.29, 0.717) is 18.8 Å². The number of para-hydroxylation sites is 1. The molecule has 0 unspecified atom stereocenters. The van der Waals surface area contributed by atoms with E-state index in [1.54, 1.807) is 4.90 Å². The lowest BCUT2D eigenvalue weighted by Crippen LogP contribution is -2.54. The lowest BCUT2D eigenvalue weighted by Gasteiger charge is -2.33. The standard InChI is InChI=1S/C19H30N4O4S/c1-13(2)16-7-6-8-17(14(3)4)18(16)20-19(25)21-28(26,27)23-11-9-22(10-12-23)15(5)24/h6-8,13-14H,9-12H2,1-5H3,(H2,20,21,25). The molecule has 1 fully saturated rings. The Balaban J connectivity index is 2.13. The van der Waals surface area contributed by atoms with Gasteiger partial charge in [-0.2, -0.15) is 12.7 Å². The zero-order valence-corrected chi connectivity index (χ0v) is 18.0. The summed E-state index contributed by atoms with van der Waals surface area (Å²) in [6.07, 6.45) is 0. The van der Waals surface area contributed by atoms with Gasteiger partial charge in [-0.25, -0.2) is 9.52 Å². The molecule has 9 heteroatoms. The van der Waals surface area contributed by atoms with Crippen molar-refractivity contribution in [2.75, 3.05) is 31.5 Å². The van der Waals surface area contributed by atoms with Crippen molar-refractivity contribution in [1.82, 2.24) is 13.9 Å². The first-order valence-corrected chi connectivity index (χ1v) is 10.9. The first-order chi connectivity index (χ1) is 13.0.